The zero-order valence-electron chi connectivity index (χ0n) is 17.3. The lowest BCUT2D eigenvalue weighted by atomic mass is 10.1. The SMILES string of the molecule is Cc1ccc(N=Cc2c(O)n(-c3cccc(C(F)(F)F)c3)c(=O)c3ccccc23)cc1C. The van der Waals surface area contributed by atoms with E-state index >= 15 is 0 Å². The van der Waals surface area contributed by atoms with Gasteiger partial charge in [0.05, 0.1) is 22.5 Å². The molecule has 4 nitrogen and oxygen atoms in total. The van der Waals surface area contributed by atoms with Crippen molar-refractivity contribution in [2.45, 2.75) is 20.0 Å². The van der Waals surface area contributed by atoms with Crippen LogP contribution in [0.3, 0.4) is 0 Å². The van der Waals surface area contributed by atoms with Crippen molar-refractivity contribution in [3.05, 3.63) is 99.3 Å². The van der Waals surface area contributed by atoms with E-state index in [1.165, 1.54) is 18.3 Å². The van der Waals surface area contributed by atoms with Crippen LogP contribution < -0.4 is 5.56 Å². The lowest BCUT2D eigenvalue weighted by Crippen LogP contribution is -2.20. The second kappa shape index (κ2) is 8.00. The summed E-state index contributed by atoms with van der Waals surface area (Å²) >= 11 is 0. The number of aromatic nitrogens is 1. The Morgan fingerprint density at radius 1 is 0.906 bits per heavy atom. The van der Waals surface area contributed by atoms with Crippen molar-refractivity contribution in [2.24, 2.45) is 4.99 Å². The molecule has 4 aromatic rings. The van der Waals surface area contributed by atoms with Crippen LogP contribution in [0.4, 0.5) is 18.9 Å². The molecule has 4 rings (SSSR count). The number of aryl methyl sites for hydroxylation is 2. The van der Waals surface area contributed by atoms with Crippen molar-refractivity contribution >= 4 is 22.7 Å². The average molecular weight is 436 g/mol. The number of rotatable bonds is 3. The summed E-state index contributed by atoms with van der Waals surface area (Å²) in [5.74, 6) is -0.486. The molecular formula is C25H19F3N2O2. The van der Waals surface area contributed by atoms with E-state index in [1.807, 2.05) is 32.0 Å². The minimum atomic E-state index is -4.58. The number of aliphatic imine (C=N–C) groups is 1. The van der Waals surface area contributed by atoms with Crippen molar-refractivity contribution < 1.29 is 18.3 Å². The Hall–Kier alpha value is -3.87. The van der Waals surface area contributed by atoms with Gasteiger partial charge in [-0.1, -0.05) is 30.3 Å². The molecule has 1 aromatic heterocycles. The van der Waals surface area contributed by atoms with Crippen LogP contribution in [0.15, 0.2) is 76.5 Å². The zero-order chi connectivity index (χ0) is 23.0. The Kier molecular flexibility index (Phi) is 5.34. The topological polar surface area (TPSA) is 54.6 Å². The van der Waals surface area contributed by atoms with Crippen LogP contribution in [0.2, 0.25) is 0 Å². The first-order valence-electron chi connectivity index (χ1n) is 9.82. The highest BCUT2D eigenvalue weighted by atomic mass is 19.4. The van der Waals surface area contributed by atoms with Crippen molar-refractivity contribution in [1.29, 1.82) is 0 Å². The maximum Gasteiger partial charge on any atom is 0.416 e. The molecule has 162 valence electrons. The van der Waals surface area contributed by atoms with E-state index in [1.54, 1.807) is 24.3 Å². The highest BCUT2D eigenvalue weighted by Gasteiger charge is 2.31. The highest BCUT2D eigenvalue weighted by molar-refractivity contribution is 6.02. The fourth-order valence-corrected chi connectivity index (χ4v) is 3.50. The Bertz CT molecular complexity index is 1420. The van der Waals surface area contributed by atoms with Gasteiger partial charge in [0.15, 0.2) is 0 Å². The zero-order valence-corrected chi connectivity index (χ0v) is 17.3. The summed E-state index contributed by atoms with van der Waals surface area (Å²) < 4.78 is 40.5. The molecule has 0 atom stereocenters. The molecule has 1 N–H and O–H groups in total. The fraction of sp³-hybridized carbons (Fsp3) is 0.120. The molecule has 0 aliphatic rings. The van der Waals surface area contributed by atoms with Gasteiger partial charge in [0.1, 0.15) is 0 Å². The maximum atomic E-state index is 13.2. The predicted molar refractivity (Wildman–Crippen MR) is 119 cm³/mol. The number of benzene rings is 3. The van der Waals surface area contributed by atoms with E-state index in [-0.39, 0.29) is 16.6 Å². The second-order valence-electron chi connectivity index (χ2n) is 7.50. The van der Waals surface area contributed by atoms with Gasteiger partial charge in [-0.05, 0) is 61.4 Å². The van der Waals surface area contributed by atoms with E-state index < -0.39 is 23.2 Å². The first kappa shape index (κ1) is 21.4. The van der Waals surface area contributed by atoms with Gasteiger partial charge in [0.2, 0.25) is 5.88 Å². The number of aromatic hydroxyl groups is 1. The van der Waals surface area contributed by atoms with Crippen molar-refractivity contribution in [3.8, 4) is 11.6 Å². The highest BCUT2D eigenvalue weighted by Crippen LogP contribution is 2.32. The van der Waals surface area contributed by atoms with Crippen LogP contribution >= 0.6 is 0 Å². The summed E-state index contributed by atoms with van der Waals surface area (Å²) in [6.07, 6.45) is -3.16. The fourth-order valence-electron chi connectivity index (χ4n) is 3.50. The quantitative estimate of drug-likeness (QED) is 0.396. The van der Waals surface area contributed by atoms with Gasteiger partial charge in [0, 0.05) is 17.0 Å². The number of alkyl halides is 3. The minimum absolute atomic E-state index is 0.0890. The molecule has 0 fully saturated rings. The van der Waals surface area contributed by atoms with E-state index in [9.17, 15) is 23.1 Å². The number of hydrogen-bond donors (Lipinski definition) is 1. The van der Waals surface area contributed by atoms with Gasteiger partial charge in [-0.15, -0.1) is 0 Å². The molecule has 0 saturated heterocycles. The number of fused-ring (bicyclic) bond motifs is 1. The molecule has 32 heavy (non-hydrogen) atoms. The molecule has 1 heterocycles. The lowest BCUT2D eigenvalue weighted by molar-refractivity contribution is -0.137. The normalized spacial score (nSPS) is 12.0. The molecule has 0 aliphatic carbocycles. The molecule has 0 aliphatic heterocycles. The summed E-state index contributed by atoms with van der Waals surface area (Å²) in [7, 11) is 0. The van der Waals surface area contributed by atoms with Gasteiger partial charge in [0.25, 0.3) is 5.56 Å². The van der Waals surface area contributed by atoms with Crippen molar-refractivity contribution in [2.75, 3.05) is 0 Å². The molecule has 3 aromatic carbocycles. The third kappa shape index (κ3) is 3.89. The Morgan fingerprint density at radius 3 is 2.31 bits per heavy atom. The smallest absolute Gasteiger partial charge is 0.416 e. The molecule has 0 radical (unpaired) electrons. The standard InChI is InChI=1S/C25H19F3N2O2/c1-15-10-11-18(12-16(15)2)29-14-22-20-8-3-4-9-21(20)23(31)30(24(22)32)19-7-5-6-17(13-19)25(26,27)28/h3-14,32H,1-2H3. The van der Waals surface area contributed by atoms with Crippen LogP contribution in [0, 0.1) is 13.8 Å². The summed E-state index contributed by atoms with van der Waals surface area (Å²) in [5, 5.41) is 11.7. The minimum Gasteiger partial charge on any atom is -0.494 e. The number of pyridine rings is 1. The van der Waals surface area contributed by atoms with Crippen molar-refractivity contribution in [3.63, 3.8) is 0 Å². The van der Waals surface area contributed by atoms with Crippen LogP contribution in [-0.4, -0.2) is 15.9 Å². The maximum absolute atomic E-state index is 13.2. The monoisotopic (exact) mass is 436 g/mol. The first-order valence-corrected chi connectivity index (χ1v) is 9.82. The third-order valence-corrected chi connectivity index (χ3v) is 5.37. The average Bonchev–Trinajstić information content (AvgIpc) is 2.76. The van der Waals surface area contributed by atoms with E-state index in [4.69, 9.17) is 0 Å². The number of nitrogens with zero attached hydrogens (tertiary/aromatic N) is 2. The van der Waals surface area contributed by atoms with Crippen LogP contribution in [0.5, 0.6) is 5.88 Å². The number of hydrogen-bond acceptors (Lipinski definition) is 3. The number of halogens is 3. The Labute approximate surface area is 181 Å². The van der Waals surface area contributed by atoms with Crippen LogP contribution in [-0.2, 0) is 6.18 Å². The summed E-state index contributed by atoms with van der Waals surface area (Å²) in [6, 6.07) is 16.5. The molecule has 0 amide bonds. The lowest BCUT2D eigenvalue weighted by Gasteiger charge is -2.15. The molecule has 0 bridgehead atoms. The largest absolute Gasteiger partial charge is 0.494 e. The third-order valence-electron chi connectivity index (χ3n) is 5.37. The van der Waals surface area contributed by atoms with Crippen LogP contribution in [0.25, 0.3) is 16.5 Å². The second-order valence-corrected chi connectivity index (χ2v) is 7.50. The van der Waals surface area contributed by atoms with E-state index in [0.717, 1.165) is 27.8 Å². The van der Waals surface area contributed by atoms with Gasteiger partial charge in [-0.3, -0.25) is 9.79 Å². The molecule has 0 spiro atoms. The summed E-state index contributed by atoms with van der Waals surface area (Å²) in [6.45, 7) is 3.93. The van der Waals surface area contributed by atoms with Gasteiger partial charge in [-0.2, -0.15) is 13.2 Å². The molecule has 7 heteroatoms. The Balaban J connectivity index is 1.96. The van der Waals surface area contributed by atoms with Gasteiger partial charge in [-0.25, -0.2) is 4.57 Å². The first-order chi connectivity index (χ1) is 15.2. The van der Waals surface area contributed by atoms with E-state index in [0.29, 0.717) is 11.1 Å². The van der Waals surface area contributed by atoms with Gasteiger partial charge >= 0.3 is 6.18 Å². The van der Waals surface area contributed by atoms with Crippen LogP contribution in [0.1, 0.15) is 22.3 Å². The van der Waals surface area contributed by atoms with E-state index in [2.05, 4.69) is 4.99 Å². The van der Waals surface area contributed by atoms with Gasteiger partial charge < -0.3 is 5.11 Å². The summed E-state index contributed by atoms with van der Waals surface area (Å²) in [4.78, 5) is 17.5. The molecule has 0 unspecified atom stereocenters. The Morgan fingerprint density at radius 2 is 1.62 bits per heavy atom. The predicted octanol–water partition coefficient (Wildman–Crippen LogP) is 6.08. The summed E-state index contributed by atoms with van der Waals surface area (Å²) in [5.41, 5.74) is 1.40. The van der Waals surface area contributed by atoms with Crippen molar-refractivity contribution in [1.82, 2.24) is 4.57 Å². The molecule has 0 saturated carbocycles. The molecular weight excluding hydrogens is 417 g/mol.